The summed E-state index contributed by atoms with van der Waals surface area (Å²) in [6.07, 6.45) is 3.76. The average Bonchev–Trinajstić information content (AvgIpc) is 2.50. The SMILES string of the molecule is CNC(c1ncc(C)cc1C)c1cccc2ncccc12. The standard InChI is InChI=1S/C18H19N3/c1-12-10-13(2)17(21-11-12)18(19-3)15-6-4-8-16-14(15)7-5-9-20-16/h4-11,18-19H,1-3H3. The largest absolute Gasteiger partial charge is 0.308 e. The van der Waals surface area contributed by atoms with Crippen LogP contribution in [-0.2, 0) is 0 Å². The van der Waals surface area contributed by atoms with E-state index in [2.05, 4.69) is 53.4 Å². The van der Waals surface area contributed by atoms with E-state index >= 15 is 0 Å². The third-order valence-electron chi connectivity index (χ3n) is 3.81. The number of nitrogens with zero attached hydrogens (tertiary/aromatic N) is 2. The van der Waals surface area contributed by atoms with Gasteiger partial charge in [-0.05, 0) is 49.7 Å². The maximum absolute atomic E-state index is 4.65. The molecule has 1 atom stereocenters. The van der Waals surface area contributed by atoms with Gasteiger partial charge in [0.1, 0.15) is 0 Å². The fraction of sp³-hybridized carbons (Fsp3) is 0.222. The molecule has 3 aromatic rings. The summed E-state index contributed by atoms with van der Waals surface area (Å²) in [4.78, 5) is 9.09. The molecular formula is C18H19N3. The van der Waals surface area contributed by atoms with Gasteiger partial charge in [-0.1, -0.05) is 24.3 Å². The van der Waals surface area contributed by atoms with Crippen molar-refractivity contribution in [2.75, 3.05) is 7.05 Å². The normalized spacial score (nSPS) is 12.5. The molecule has 3 rings (SSSR count). The molecule has 21 heavy (non-hydrogen) atoms. The smallest absolute Gasteiger partial charge is 0.0758 e. The van der Waals surface area contributed by atoms with Gasteiger partial charge in [0, 0.05) is 17.8 Å². The highest BCUT2D eigenvalue weighted by Gasteiger charge is 2.18. The molecule has 0 radical (unpaired) electrons. The van der Waals surface area contributed by atoms with Crippen LogP contribution in [0.4, 0.5) is 0 Å². The summed E-state index contributed by atoms with van der Waals surface area (Å²) in [5.74, 6) is 0. The van der Waals surface area contributed by atoms with Crippen molar-refractivity contribution >= 4 is 10.9 Å². The summed E-state index contributed by atoms with van der Waals surface area (Å²) in [6, 6.07) is 12.6. The predicted octanol–water partition coefficient (Wildman–Crippen LogP) is 3.56. The number of benzene rings is 1. The second-order valence-corrected chi connectivity index (χ2v) is 5.35. The van der Waals surface area contributed by atoms with Crippen LogP contribution >= 0.6 is 0 Å². The summed E-state index contributed by atoms with van der Waals surface area (Å²) >= 11 is 0. The van der Waals surface area contributed by atoms with Crippen molar-refractivity contribution in [3.8, 4) is 0 Å². The summed E-state index contributed by atoms with van der Waals surface area (Å²) in [5.41, 5.74) is 5.68. The molecule has 0 saturated heterocycles. The zero-order valence-electron chi connectivity index (χ0n) is 12.6. The Morgan fingerprint density at radius 2 is 1.90 bits per heavy atom. The van der Waals surface area contributed by atoms with E-state index in [4.69, 9.17) is 0 Å². The van der Waals surface area contributed by atoms with Crippen LogP contribution in [0.15, 0.2) is 48.8 Å². The average molecular weight is 277 g/mol. The molecule has 0 bridgehead atoms. The van der Waals surface area contributed by atoms with Crippen molar-refractivity contribution in [3.63, 3.8) is 0 Å². The van der Waals surface area contributed by atoms with Crippen LogP contribution in [0.3, 0.4) is 0 Å². The Morgan fingerprint density at radius 1 is 1.05 bits per heavy atom. The van der Waals surface area contributed by atoms with Gasteiger partial charge in [0.05, 0.1) is 17.3 Å². The molecule has 1 unspecified atom stereocenters. The molecule has 1 N–H and O–H groups in total. The summed E-state index contributed by atoms with van der Waals surface area (Å²) in [6.45, 7) is 4.18. The molecule has 0 aliphatic rings. The maximum Gasteiger partial charge on any atom is 0.0758 e. The Kier molecular flexibility index (Phi) is 3.67. The lowest BCUT2D eigenvalue weighted by Crippen LogP contribution is -2.20. The topological polar surface area (TPSA) is 37.8 Å². The first-order chi connectivity index (χ1) is 10.2. The summed E-state index contributed by atoms with van der Waals surface area (Å²) in [7, 11) is 1.97. The second kappa shape index (κ2) is 5.62. The van der Waals surface area contributed by atoms with E-state index < -0.39 is 0 Å². The maximum atomic E-state index is 4.65. The van der Waals surface area contributed by atoms with Gasteiger partial charge in [0.25, 0.3) is 0 Å². The quantitative estimate of drug-likeness (QED) is 0.795. The molecule has 3 nitrogen and oxygen atoms in total. The van der Waals surface area contributed by atoms with E-state index in [0.29, 0.717) is 0 Å². The second-order valence-electron chi connectivity index (χ2n) is 5.35. The fourth-order valence-electron chi connectivity index (χ4n) is 2.85. The molecule has 0 amide bonds. The Morgan fingerprint density at radius 3 is 2.67 bits per heavy atom. The van der Waals surface area contributed by atoms with Crippen LogP contribution in [0.1, 0.15) is 28.4 Å². The Hall–Kier alpha value is -2.26. The lowest BCUT2D eigenvalue weighted by Gasteiger charge is -2.20. The van der Waals surface area contributed by atoms with Crippen molar-refractivity contribution in [2.24, 2.45) is 0 Å². The van der Waals surface area contributed by atoms with Gasteiger partial charge in [-0.2, -0.15) is 0 Å². The molecule has 2 aromatic heterocycles. The number of fused-ring (bicyclic) bond motifs is 1. The minimum Gasteiger partial charge on any atom is -0.308 e. The highest BCUT2D eigenvalue weighted by molar-refractivity contribution is 5.82. The highest BCUT2D eigenvalue weighted by atomic mass is 14.9. The third-order valence-corrected chi connectivity index (χ3v) is 3.81. The number of aromatic nitrogens is 2. The van der Waals surface area contributed by atoms with E-state index in [1.54, 1.807) is 0 Å². The van der Waals surface area contributed by atoms with Crippen molar-refractivity contribution in [3.05, 3.63) is 71.2 Å². The zero-order chi connectivity index (χ0) is 14.8. The van der Waals surface area contributed by atoms with E-state index in [-0.39, 0.29) is 6.04 Å². The van der Waals surface area contributed by atoms with Crippen molar-refractivity contribution in [1.82, 2.24) is 15.3 Å². The first-order valence-corrected chi connectivity index (χ1v) is 7.15. The van der Waals surface area contributed by atoms with Crippen molar-refractivity contribution < 1.29 is 0 Å². The van der Waals surface area contributed by atoms with Crippen LogP contribution in [0, 0.1) is 13.8 Å². The fourth-order valence-corrected chi connectivity index (χ4v) is 2.85. The minimum absolute atomic E-state index is 0.0681. The van der Waals surface area contributed by atoms with Crippen molar-refractivity contribution in [1.29, 1.82) is 0 Å². The van der Waals surface area contributed by atoms with E-state index in [9.17, 15) is 0 Å². The number of pyridine rings is 2. The minimum atomic E-state index is 0.0681. The molecule has 3 heteroatoms. The molecule has 0 saturated carbocycles. The summed E-state index contributed by atoms with van der Waals surface area (Å²) < 4.78 is 0. The van der Waals surface area contributed by atoms with Gasteiger partial charge in [-0.15, -0.1) is 0 Å². The highest BCUT2D eigenvalue weighted by Crippen LogP contribution is 2.28. The van der Waals surface area contributed by atoms with E-state index in [0.717, 1.165) is 11.2 Å². The number of nitrogens with one attached hydrogen (secondary N) is 1. The van der Waals surface area contributed by atoms with Crippen LogP contribution < -0.4 is 5.32 Å². The van der Waals surface area contributed by atoms with Gasteiger partial charge >= 0.3 is 0 Å². The van der Waals surface area contributed by atoms with Gasteiger partial charge < -0.3 is 5.32 Å². The molecular weight excluding hydrogens is 258 g/mol. The molecule has 1 aromatic carbocycles. The lowest BCUT2D eigenvalue weighted by atomic mass is 9.96. The summed E-state index contributed by atoms with van der Waals surface area (Å²) in [5, 5.41) is 4.56. The van der Waals surface area contributed by atoms with Gasteiger partial charge in [0.15, 0.2) is 0 Å². The van der Waals surface area contributed by atoms with Crippen LogP contribution in [-0.4, -0.2) is 17.0 Å². The molecule has 0 spiro atoms. The number of hydrogen-bond acceptors (Lipinski definition) is 3. The molecule has 2 heterocycles. The van der Waals surface area contributed by atoms with Crippen molar-refractivity contribution in [2.45, 2.75) is 19.9 Å². The Bertz CT molecular complexity index is 775. The molecule has 106 valence electrons. The monoisotopic (exact) mass is 277 g/mol. The van der Waals surface area contributed by atoms with Gasteiger partial charge in [-0.3, -0.25) is 9.97 Å². The molecule has 0 aliphatic heterocycles. The predicted molar refractivity (Wildman–Crippen MR) is 86.4 cm³/mol. The molecule has 0 aliphatic carbocycles. The van der Waals surface area contributed by atoms with E-state index in [1.165, 1.54) is 22.1 Å². The van der Waals surface area contributed by atoms with E-state index in [1.807, 2.05) is 31.6 Å². The number of rotatable bonds is 3. The zero-order valence-corrected chi connectivity index (χ0v) is 12.6. The number of aryl methyl sites for hydroxylation is 2. The van der Waals surface area contributed by atoms with Crippen LogP contribution in [0.5, 0.6) is 0 Å². The van der Waals surface area contributed by atoms with Crippen LogP contribution in [0.25, 0.3) is 10.9 Å². The van der Waals surface area contributed by atoms with Gasteiger partial charge in [0.2, 0.25) is 0 Å². The Labute approximate surface area is 125 Å². The first-order valence-electron chi connectivity index (χ1n) is 7.15. The first kappa shape index (κ1) is 13.7. The Balaban J connectivity index is 2.18. The molecule has 0 fully saturated rings. The lowest BCUT2D eigenvalue weighted by molar-refractivity contribution is 0.670. The van der Waals surface area contributed by atoms with Gasteiger partial charge in [-0.25, -0.2) is 0 Å². The van der Waals surface area contributed by atoms with Crippen LogP contribution in [0.2, 0.25) is 0 Å². The number of hydrogen-bond donors (Lipinski definition) is 1. The third kappa shape index (κ3) is 2.52.